The molecule has 2 aliphatic rings. The predicted octanol–water partition coefficient (Wildman–Crippen LogP) is 7.65. The van der Waals surface area contributed by atoms with Gasteiger partial charge in [0.05, 0.1) is 23.6 Å². The fraction of sp³-hybridized carbons (Fsp3) is 0.294. The van der Waals surface area contributed by atoms with Crippen LogP contribution in [0.25, 0.3) is 11.8 Å². The Morgan fingerprint density at radius 2 is 1.82 bits per heavy atom. The summed E-state index contributed by atoms with van der Waals surface area (Å²) in [5, 5.41) is 8.04. The number of aromatic nitrogens is 2. The topological polar surface area (TPSA) is 50.2 Å². The highest BCUT2D eigenvalue weighted by Crippen LogP contribution is 2.55. The molecule has 4 aromatic rings. The van der Waals surface area contributed by atoms with Gasteiger partial charge in [-0.25, -0.2) is 13.9 Å². The zero-order chi connectivity index (χ0) is 27.9. The van der Waals surface area contributed by atoms with Crippen LogP contribution in [0.3, 0.4) is 0 Å². The zero-order valence-corrected chi connectivity index (χ0v) is 23.3. The van der Waals surface area contributed by atoms with Crippen LogP contribution in [-0.2, 0) is 6.42 Å². The molecule has 2 aliphatic carbocycles. The SMILES string of the molecule is Cc1ccccc1N(C)C(=O)NC(CC1CCC2=Cc3c(cnn3-c3ccc(F)cc3)CC21C)c1ccccc1. The van der Waals surface area contributed by atoms with Gasteiger partial charge in [0.25, 0.3) is 0 Å². The molecule has 0 aliphatic heterocycles. The van der Waals surface area contributed by atoms with Crippen molar-refractivity contribution in [1.82, 2.24) is 15.1 Å². The highest BCUT2D eigenvalue weighted by molar-refractivity contribution is 5.92. The molecule has 3 aromatic carbocycles. The molecule has 40 heavy (non-hydrogen) atoms. The number of nitrogens with one attached hydrogen (secondary N) is 1. The summed E-state index contributed by atoms with van der Waals surface area (Å²) in [4.78, 5) is 15.2. The van der Waals surface area contributed by atoms with Crippen molar-refractivity contribution in [2.45, 2.75) is 45.6 Å². The summed E-state index contributed by atoms with van der Waals surface area (Å²) in [5.74, 6) is 0.148. The van der Waals surface area contributed by atoms with Crippen molar-refractivity contribution in [2.75, 3.05) is 11.9 Å². The van der Waals surface area contributed by atoms with Crippen LogP contribution in [0, 0.1) is 24.1 Å². The Labute approximate surface area is 235 Å². The normalized spacial score (nSPS) is 20.3. The fourth-order valence-electron chi connectivity index (χ4n) is 6.64. The van der Waals surface area contributed by atoms with Crippen LogP contribution in [0.1, 0.15) is 54.6 Å². The second-order valence-electron chi connectivity index (χ2n) is 11.4. The van der Waals surface area contributed by atoms with Crippen molar-refractivity contribution in [3.63, 3.8) is 0 Å². The number of carbonyl (C=O) groups is 1. The van der Waals surface area contributed by atoms with Crippen LogP contribution >= 0.6 is 0 Å². The van der Waals surface area contributed by atoms with Crippen molar-refractivity contribution < 1.29 is 9.18 Å². The number of allylic oxidation sites excluding steroid dienone is 1. The van der Waals surface area contributed by atoms with Gasteiger partial charge in [-0.1, -0.05) is 61.0 Å². The molecule has 1 fully saturated rings. The van der Waals surface area contributed by atoms with Crippen LogP contribution in [0.2, 0.25) is 0 Å². The Hall–Kier alpha value is -4.19. The molecule has 6 heteroatoms. The molecule has 5 nitrogen and oxygen atoms in total. The minimum atomic E-state index is -0.250. The molecule has 1 aromatic heterocycles. The van der Waals surface area contributed by atoms with Crippen LogP contribution < -0.4 is 10.2 Å². The lowest BCUT2D eigenvalue weighted by Crippen LogP contribution is -2.41. The third-order valence-corrected chi connectivity index (χ3v) is 9.02. The average molecular weight is 535 g/mol. The standard InChI is InChI=1S/C34H35FN4O/c1-23-9-7-8-12-31(23)38(3)33(40)37-30(24-10-5-4-6-11-24)19-26-13-14-27-20-32-25(21-34(26,27)2)22-36-39(32)29-17-15-28(35)16-18-29/h4-12,15-18,20,22,26,30H,13-14,19,21H2,1-3H3,(H,37,40). The summed E-state index contributed by atoms with van der Waals surface area (Å²) < 4.78 is 15.4. The summed E-state index contributed by atoms with van der Waals surface area (Å²) in [6.45, 7) is 4.40. The lowest BCUT2D eigenvalue weighted by Gasteiger charge is -2.38. The Bertz CT molecular complexity index is 1560. The Kier molecular flexibility index (Phi) is 6.78. The van der Waals surface area contributed by atoms with E-state index in [0.717, 1.165) is 53.9 Å². The molecule has 3 atom stereocenters. The predicted molar refractivity (Wildman–Crippen MR) is 158 cm³/mol. The third kappa shape index (κ3) is 4.72. The van der Waals surface area contributed by atoms with Crippen LogP contribution in [-0.4, -0.2) is 22.9 Å². The number of para-hydroxylation sites is 1. The highest BCUT2D eigenvalue weighted by Gasteiger charge is 2.46. The number of carbonyl (C=O) groups excluding carboxylic acids is 1. The molecule has 204 valence electrons. The molecular weight excluding hydrogens is 499 g/mol. The third-order valence-electron chi connectivity index (χ3n) is 9.02. The summed E-state index contributed by atoms with van der Waals surface area (Å²) in [7, 11) is 1.83. The average Bonchev–Trinajstić information content (AvgIpc) is 3.51. The summed E-state index contributed by atoms with van der Waals surface area (Å²) >= 11 is 0. The molecule has 1 heterocycles. The van der Waals surface area contributed by atoms with Crippen LogP contribution in [0.4, 0.5) is 14.9 Å². The van der Waals surface area contributed by atoms with E-state index in [2.05, 4.69) is 35.5 Å². The summed E-state index contributed by atoms with van der Waals surface area (Å²) in [6.07, 6.45) is 8.11. The van der Waals surface area contributed by atoms with Gasteiger partial charge in [0.1, 0.15) is 5.82 Å². The fourth-order valence-corrected chi connectivity index (χ4v) is 6.64. The maximum absolute atomic E-state index is 13.5. The first-order valence-corrected chi connectivity index (χ1v) is 14.0. The number of benzene rings is 3. The summed E-state index contributed by atoms with van der Waals surface area (Å²) in [5.41, 5.74) is 7.68. The molecular formula is C34H35FN4O. The minimum absolute atomic E-state index is 0.0106. The van der Waals surface area contributed by atoms with Gasteiger partial charge < -0.3 is 5.32 Å². The van der Waals surface area contributed by atoms with E-state index in [1.807, 2.05) is 67.3 Å². The number of anilines is 1. The maximum atomic E-state index is 13.5. The first-order chi connectivity index (χ1) is 19.3. The number of fused-ring (bicyclic) bond motifs is 2. The summed E-state index contributed by atoms with van der Waals surface area (Å²) in [6, 6.07) is 24.6. The second kappa shape index (κ2) is 10.4. The van der Waals surface area contributed by atoms with E-state index in [-0.39, 0.29) is 23.3 Å². The van der Waals surface area contributed by atoms with Gasteiger partial charge in [-0.15, -0.1) is 0 Å². The van der Waals surface area contributed by atoms with E-state index in [1.54, 1.807) is 17.0 Å². The van der Waals surface area contributed by atoms with Gasteiger partial charge in [0.15, 0.2) is 0 Å². The number of nitrogens with zero attached hydrogens (tertiary/aromatic N) is 3. The molecule has 2 amide bonds. The highest BCUT2D eigenvalue weighted by atomic mass is 19.1. The Balaban J connectivity index is 1.26. The lowest BCUT2D eigenvalue weighted by molar-refractivity contribution is 0.220. The van der Waals surface area contributed by atoms with Crippen molar-refractivity contribution in [3.8, 4) is 5.69 Å². The number of hydrogen-bond donors (Lipinski definition) is 1. The van der Waals surface area contributed by atoms with Gasteiger partial charge in [-0.05, 0) is 97.0 Å². The smallest absolute Gasteiger partial charge is 0.322 e. The van der Waals surface area contributed by atoms with Crippen molar-refractivity contribution in [2.24, 2.45) is 11.3 Å². The monoisotopic (exact) mass is 534 g/mol. The van der Waals surface area contributed by atoms with Crippen molar-refractivity contribution in [3.05, 3.63) is 119 Å². The molecule has 1 saturated carbocycles. The number of rotatable bonds is 6. The quantitative estimate of drug-likeness (QED) is 0.276. The second-order valence-corrected chi connectivity index (χ2v) is 11.4. The molecule has 1 N–H and O–H groups in total. The van der Waals surface area contributed by atoms with E-state index in [0.29, 0.717) is 5.92 Å². The van der Waals surface area contributed by atoms with Gasteiger partial charge in [0.2, 0.25) is 0 Å². The Morgan fingerprint density at radius 3 is 2.58 bits per heavy atom. The van der Waals surface area contributed by atoms with Gasteiger partial charge in [-0.3, -0.25) is 4.90 Å². The van der Waals surface area contributed by atoms with E-state index < -0.39 is 0 Å². The van der Waals surface area contributed by atoms with E-state index in [9.17, 15) is 9.18 Å². The van der Waals surface area contributed by atoms with E-state index in [1.165, 1.54) is 23.3 Å². The Morgan fingerprint density at radius 1 is 1.10 bits per heavy atom. The number of halogens is 1. The molecule has 6 rings (SSSR count). The van der Waals surface area contributed by atoms with E-state index >= 15 is 0 Å². The lowest BCUT2D eigenvalue weighted by atomic mass is 9.68. The van der Waals surface area contributed by atoms with E-state index in [4.69, 9.17) is 0 Å². The van der Waals surface area contributed by atoms with Gasteiger partial charge in [-0.2, -0.15) is 5.10 Å². The van der Waals surface area contributed by atoms with Crippen LogP contribution in [0.5, 0.6) is 0 Å². The number of hydrogen-bond acceptors (Lipinski definition) is 2. The van der Waals surface area contributed by atoms with Crippen molar-refractivity contribution in [1.29, 1.82) is 0 Å². The number of aryl methyl sites for hydroxylation is 1. The van der Waals surface area contributed by atoms with Gasteiger partial charge >= 0.3 is 6.03 Å². The van der Waals surface area contributed by atoms with Crippen molar-refractivity contribution >= 4 is 17.8 Å². The molecule has 0 radical (unpaired) electrons. The number of amides is 2. The zero-order valence-electron chi connectivity index (χ0n) is 23.3. The number of urea groups is 1. The largest absolute Gasteiger partial charge is 0.331 e. The molecule has 0 bridgehead atoms. The molecule has 3 unspecified atom stereocenters. The van der Waals surface area contributed by atoms with Crippen LogP contribution in [0.15, 0.2) is 90.6 Å². The minimum Gasteiger partial charge on any atom is -0.331 e. The first-order valence-electron chi connectivity index (χ1n) is 14.0. The maximum Gasteiger partial charge on any atom is 0.322 e. The first kappa shape index (κ1) is 26.1. The molecule has 0 saturated heterocycles. The molecule has 0 spiro atoms. The van der Waals surface area contributed by atoms with Gasteiger partial charge in [0, 0.05) is 12.7 Å².